The number of fused-ring (bicyclic) bond motifs is 1. The molecule has 0 spiro atoms. The van der Waals surface area contributed by atoms with Crippen LogP contribution in [0.2, 0.25) is 0 Å². The highest BCUT2D eigenvalue weighted by molar-refractivity contribution is 6.03. The van der Waals surface area contributed by atoms with Crippen molar-refractivity contribution in [3.63, 3.8) is 0 Å². The first-order valence-electron chi connectivity index (χ1n) is 7.64. The smallest absolute Gasteiger partial charge is 0.287 e. The monoisotopic (exact) mass is 331 g/mol. The molecule has 0 radical (unpaired) electrons. The summed E-state index contributed by atoms with van der Waals surface area (Å²) in [6.07, 6.45) is 1.40. The van der Waals surface area contributed by atoms with Crippen molar-refractivity contribution < 1.29 is 18.4 Å². The molecule has 3 rings (SSSR count). The third-order valence-corrected chi connectivity index (χ3v) is 4.03. The lowest BCUT2D eigenvalue weighted by Gasteiger charge is -2.36. The SMILES string of the molecule is CC(NC(=O)c1ccco1)C(=O)N1CCN(C)c2cc(F)ccc21. The number of furan rings is 1. The minimum Gasteiger partial charge on any atom is -0.459 e. The van der Waals surface area contributed by atoms with Crippen LogP contribution in [0.3, 0.4) is 0 Å². The second-order valence-electron chi connectivity index (χ2n) is 5.72. The number of anilines is 2. The zero-order valence-corrected chi connectivity index (χ0v) is 13.5. The maximum absolute atomic E-state index is 13.5. The van der Waals surface area contributed by atoms with Gasteiger partial charge < -0.3 is 19.5 Å². The van der Waals surface area contributed by atoms with Gasteiger partial charge in [0.05, 0.1) is 17.6 Å². The van der Waals surface area contributed by atoms with Gasteiger partial charge in [0.2, 0.25) is 5.91 Å². The summed E-state index contributed by atoms with van der Waals surface area (Å²) in [5.41, 5.74) is 1.29. The molecule has 0 saturated carbocycles. The molecule has 2 amide bonds. The van der Waals surface area contributed by atoms with Crippen molar-refractivity contribution in [3.05, 3.63) is 48.2 Å². The maximum Gasteiger partial charge on any atom is 0.287 e. The molecular weight excluding hydrogens is 313 g/mol. The molecule has 1 N–H and O–H groups in total. The predicted molar refractivity (Wildman–Crippen MR) is 87.7 cm³/mol. The van der Waals surface area contributed by atoms with Gasteiger partial charge in [-0.15, -0.1) is 0 Å². The van der Waals surface area contributed by atoms with Crippen molar-refractivity contribution in [1.29, 1.82) is 0 Å². The fourth-order valence-corrected chi connectivity index (χ4v) is 2.72. The lowest BCUT2D eigenvalue weighted by Crippen LogP contribution is -2.51. The zero-order chi connectivity index (χ0) is 17.3. The number of benzene rings is 1. The molecule has 6 nitrogen and oxygen atoms in total. The van der Waals surface area contributed by atoms with E-state index >= 15 is 0 Å². The fourth-order valence-electron chi connectivity index (χ4n) is 2.72. The van der Waals surface area contributed by atoms with Gasteiger partial charge in [-0.3, -0.25) is 9.59 Å². The number of hydrogen-bond acceptors (Lipinski definition) is 4. The van der Waals surface area contributed by atoms with E-state index in [0.29, 0.717) is 24.5 Å². The third-order valence-electron chi connectivity index (χ3n) is 4.03. The van der Waals surface area contributed by atoms with Crippen LogP contribution in [-0.2, 0) is 4.79 Å². The molecule has 24 heavy (non-hydrogen) atoms. The van der Waals surface area contributed by atoms with Gasteiger partial charge in [0.25, 0.3) is 5.91 Å². The molecule has 0 bridgehead atoms. The van der Waals surface area contributed by atoms with Gasteiger partial charge in [0, 0.05) is 20.1 Å². The van der Waals surface area contributed by atoms with Gasteiger partial charge in [0.1, 0.15) is 11.9 Å². The molecule has 0 aliphatic carbocycles. The Morgan fingerprint density at radius 2 is 2.04 bits per heavy atom. The lowest BCUT2D eigenvalue weighted by molar-refractivity contribution is -0.120. The molecule has 126 valence electrons. The van der Waals surface area contributed by atoms with Crippen molar-refractivity contribution in [2.75, 3.05) is 29.9 Å². The van der Waals surface area contributed by atoms with Crippen molar-refractivity contribution in [2.24, 2.45) is 0 Å². The van der Waals surface area contributed by atoms with Gasteiger partial charge in [-0.2, -0.15) is 0 Å². The summed E-state index contributed by atoms with van der Waals surface area (Å²) in [4.78, 5) is 28.2. The summed E-state index contributed by atoms with van der Waals surface area (Å²) in [5, 5.41) is 2.62. The molecule has 1 aliphatic heterocycles. The van der Waals surface area contributed by atoms with Gasteiger partial charge in [-0.05, 0) is 37.3 Å². The number of nitrogens with one attached hydrogen (secondary N) is 1. The number of likely N-dealkylation sites (N-methyl/N-ethyl adjacent to an activating group) is 1. The van der Waals surface area contributed by atoms with Crippen molar-refractivity contribution in [3.8, 4) is 0 Å². The Labute approximate surface area is 138 Å². The van der Waals surface area contributed by atoms with E-state index in [4.69, 9.17) is 4.42 Å². The van der Waals surface area contributed by atoms with E-state index in [9.17, 15) is 14.0 Å². The molecule has 7 heteroatoms. The second kappa shape index (κ2) is 6.35. The first-order chi connectivity index (χ1) is 11.5. The minimum atomic E-state index is -0.732. The van der Waals surface area contributed by atoms with Crippen molar-refractivity contribution >= 4 is 23.2 Å². The molecular formula is C17H18FN3O3. The van der Waals surface area contributed by atoms with E-state index in [2.05, 4.69) is 5.32 Å². The Kier molecular flexibility index (Phi) is 4.24. The van der Waals surface area contributed by atoms with Crippen LogP contribution in [0, 0.1) is 5.82 Å². The quantitative estimate of drug-likeness (QED) is 0.934. The minimum absolute atomic E-state index is 0.149. The summed E-state index contributed by atoms with van der Waals surface area (Å²) in [5.74, 6) is -0.908. The Morgan fingerprint density at radius 1 is 1.25 bits per heavy atom. The Balaban J connectivity index is 1.78. The van der Waals surface area contributed by atoms with Crippen LogP contribution >= 0.6 is 0 Å². The largest absolute Gasteiger partial charge is 0.459 e. The zero-order valence-electron chi connectivity index (χ0n) is 13.5. The van der Waals surface area contributed by atoms with E-state index < -0.39 is 11.9 Å². The van der Waals surface area contributed by atoms with E-state index in [-0.39, 0.29) is 17.5 Å². The van der Waals surface area contributed by atoms with Crippen LogP contribution < -0.4 is 15.1 Å². The number of carbonyl (C=O) groups excluding carboxylic acids is 2. The summed E-state index contributed by atoms with van der Waals surface area (Å²) >= 11 is 0. The van der Waals surface area contributed by atoms with Gasteiger partial charge in [-0.1, -0.05) is 0 Å². The Morgan fingerprint density at radius 3 is 2.75 bits per heavy atom. The normalized spacial score (nSPS) is 15.0. The van der Waals surface area contributed by atoms with E-state index in [1.165, 1.54) is 24.5 Å². The maximum atomic E-state index is 13.5. The van der Waals surface area contributed by atoms with Crippen LogP contribution in [0.15, 0.2) is 41.0 Å². The number of amides is 2. The Bertz CT molecular complexity index is 760. The topological polar surface area (TPSA) is 65.8 Å². The standard InChI is InChI=1S/C17H18FN3O3/c1-11(19-16(22)15-4-3-9-24-15)17(23)21-8-7-20(2)14-10-12(18)5-6-13(14)21/h3-6,9-11H,7-8H2,1-2H3,(H,19,22). The number of hydrogen-bond donors (Lipinski definition) is 1. The van der Waals surface area contributed by atoms with Crippen LogP contribution in [0.4, 0.5) is 15.8 Å². The third kappa shape index (κ3) is 2.97. The van der Waals surface area contributed by atoms with Gasteiger partial charge in [0.15, 0.2) is 5.76 Å². The van der Waals surface area contributed by atoms with Crippen LogP contribution in [0.5, 0.6) is 0 Å². The Hall–Kier alpha value is -2.83. The average molecular weight is 331 g/mol. The molecule has 1 unspecified atom stereocenters. The summed E-state index contributed by atoms with van der Waals surface area (Å²) in [7, 11) is 1.85. The highest BCUT2D eigenvalue weighted by Gasteiger charge is 2.29. The van der Waals surface area contributed by atoms with E-state index in [1.807, 2.05) is 11.9 Å². The molecule has 1 aromatic carbocycles. The van der Waals surface area contributed by atoms with E-state index in [1.54, 1.807) is 24.0 Å². The van der Waals surface area contributed by atoms with Crippen LogP contribution in [-0.4, -0.2) is 38.0 Å². The average Bonchev–Trinajstić information content (AvgIpc) is 3.09. The predicted octanol–water partition coefficient (Wildman–Crippen LogP) is 2.02. The molecule has 1 aromatic heterocycles. The van der Waals surface area contributed by atoms with Crippen molar-refractivity contribution in [2.45, 2.75) is 13.0 Å². The highest BCUT2D eigenvalue weighted by atomic mass is 19.1. The summed E-state index contributed by atoms with van der Waals surface area (Å²) in [6, 6.07) is 6.71. The van der Waals surface area contributed by atoms with Crippen LogP contribution in [0.1, 0.15) is 17.5 Å². The number of carbonyl (C=O) groups is 2. The number of nitrogens with zero attached hydrogens (tertiary/aromatic N) is 2. The van der Waals surface area contributed by atoms with Gasteiger partial charge >= 0.3 is 0 Å². The van der Waals surface area contributed by atoms with Crippen molar-refractivity contribution in [1.82, 2.24) is 5.32 Å². The van der Waals surface area contributed by atoms with Gasteiger partial charge in [-0.25, -0.2) is 4.39 Å². The molecule has 1 atom stereocenters. The van der Waals surface area contributed by atoms with E-state index in [0.717, 1.165) is 0 Å². The lowest BCUT2D eigenvalue weighted by atomic mass is 10.1. The molecule has 2 heterocycles. The molecule has 1 aliphatic rings. The number of rotatable bonds is 3. The highest BCUT2D eigenvalue weighted by Crippen LogP contribution is 2.33. The second-order valence-corrected chi connectivity index (χ2v) is 5.72. The fraction of sp³-hybridized carbons (Fsp3) is 0.294. The number of halogens is 1. The van der Waals surface area contributed by atoms with Crippen LogP contribution in [0.25, 0.3) is 0 Å². The summed E-state index contributed by atoms with van der Waals surface area (Å²) < 4.78 is 18.5. The molecule has 0 saturated heterocycles. The first-order valence-corrected chi connectivity index (χ1v) is 7.64. The summed E-state index contributed by atoms with van der Waals surface area (Å²) in [6.45, 7) is 2.67. The molecule has 2 aromatic rings. The molecule has 0 fully saturated rings. The first kappa shape index (κ1) is 16.0.